The summed E-state index contributed by atoms with van der Waals surface area (Å²) in [6.45, 7) is 7.16. The van der Waals surface area contributed by atoms with Crippen LogP contribution >= 0.6 is 0 Å². The molecule has 4 heteroatoms. The lowest BCUT2D eigenvalue weighted by Gasteiger charge is -2.23. The lowest BCUT2D eigenvalue weighted by atomic mass is 10.0. The Labute approximate surface area is 149 Å². The molecule has 1 aliphatic carbocycles. The van der Waals surface area contributed by atoms with Crippen molar-refractivity contribution < 1.29 is 4.79 Å². The van der Waals surface area contributed by atoms with Crippen molar-refractivity contribution in [1.29, 1.82) is 0 Å². The smallest absolute Gasteiger partial charge is 0.223 e. The predicted molar refractivity (Wildman–Crippen MR) is 99.6 cm³/mol. The van der Waals surface area contributed by atoms with Gasteiger partial charge in [-0.3, -0.25) is 4.79 Å². The number of hydrogen-bond acceptors (Lipinski definition) is 2. The fraction of sp³-hybridized carbons (Fsp3) is 0.524. The van der Waals surface area contributed by atoms with E-state index in [1.54, 1.807) is 0 Å². The number of H-pyrrole nitrogens is 1. The second kappa shape index (κ2) is 6.32. The number of aryl methyl sites for hydroxylation is 3. The molecule has 1 N–H and O–H groups in total. The molecule has 2 fully saturated rings. The van der Waals surface area contributed by atoms with Crippen molar-refractivity contribution in [3.8, 4) is 11.3 Å². The Morgan fingerprint density at radius 3 is 2.60 bits per heavy atom. The van der Waals surface area contributed by atoms with E-state index in [-0.39, 0.29) is 5.92 Å². The molecule has 1 amide bonds. The molecule has 0 spiro atoms. The van der Waals surface area contributed by atoms with Gasteiger partial charge in [0.1, 0.15) is 5.82 Å². The largest absolute Gasteiger partial charge is 0.345 e. The molecular formula is C21H27N3O. The highest BCUT2D eigenvalue weighted by atomic mass is 16.2. The molecule has 25 heavy (non-hydrogen) atoms. The Bertz CT molecular complexity index is 801. The molecule has 1 saturated heterocycles. The third kappa shape index (κ3) is 2.99. The summed E-state index contributed by atoms with van der Waals surface area (Å²) >= 11 is 0. The molecule has 1 aromatic heterocycles. The number of likely N-dealkylation sites (tertiary alicyclic amines) is 1. The fourth-order valence-electron chi connectivity index (χ4n) is 4.33. The SMILES string of the molecule is Cc1ccc(-c2nc(C3CC(=O)N(C4CCCC4)C3)[nH]c2C)cc1C. The Morgan fingerprint density at radius 1 is 1.12 bits per heavy atom. The maximum Gasteiger partial charge on any atom is 0.223 e. The molecule has 1 saturated carbocycles. The Hall–Kier alpha value is -2.10. The quantitative estimate of drug-likeness (QED) is 0.910. The minimum atomic E-state index is 0.201. The maximum atomic E-state index is 12.5. The Morgan fingerprint density at radius 2 is 1.88 bits per heavy atom. The molecule has 1 atom stereocenters. The number of imidazole rings is 1. The van der Waals surface area contributed by atoms with E-state index in [1.807, 2.05) is 0 Å². The van der Waals surface area contributed by atoms with Crippen LogP contribution in [0.15, 0.2) is 18.2 Å². The van der Waals surface area contributed by atoms with E-state index < -0.39 is 0 Å². The van der Waals surface area contributed by atoms with E-state index in [9.17, 15) is 4.79 Å². The highest BCUT2D eigenvalue weighted by Gasteiger charge is 2.37. The van der Waals surface area contributed by atoms with E-state index >= 15 is 0 Å². The summed E-state index contributed by atoms with van der Waals surface area (Å²) in [4.78, 5) is 22.9. The van der Waals surface area contributed by atoms with Crippen molar-refractivity contribution in [3.05, 3.63) is 40.8 Å². The van der Waals surface area contributed by atoms with Gasteiger partial charge in [0.05, 0.1) is 5.69 Å². The van der Waals surface area contributed by atoms with Crippen molar-refractivity contribution in [2.75, 3.05) is 6.54 Å². The number of aromatic amines is 1. The third-order valence-corrected chi connectivity index (χ3v) is 5.99. The molecule has 4 rings (SSSR count). The Kier molecular flexibility index (Phi) is 4.14. The van der Waals surface area contributed by atoms with Crippen LogP contribution in [0.25, 0.3) is 11.3 Å². The second-order valence-corrected chi connectivity index (χ2v) is 7.78. The van der Waals surface area contributed by atoms with E-state index in [0.29, 0.717) is 18.4 Å². The van der Waals surface area contributed by atoms with Crippen LogP contribution in [0.1, 0.15) is 60.7 Å². The minimum absolute atomic E-state index is 0.201. The van der Waals surface area contributed by atoms with Crippen LogP contribution in [0.3, 0.4) is 0 Å². The first kappa shape index (κ1) is 16.4. The van der Waals surface area contributed by atoms with E-state index in [1.165, 1.54) is 36.8 Å². The lowest BCUT2D eigenvalue weighted by molar-refractivity contribution is -0.129. The van der Waals surface area contributed by atoms with Gasteiger partial charge in [-0.25, -0.2) is 4.98 Å². The van der Waals surface area contributed by atoms with Gasteiger partial charge in [-0.1, -0.05) is 25.0 Å². The number of nitrogens with one attached hydrogen (secondary N) is 1. The summed E-state index contributed by atoms with van der Waals surface area (Å²) in [5, 5.41) is 0. The van der Waals surface area contributed by atoms with Crippen LogP contribution in [-0.2, 0) is 4.79 Å². The van der Waals surface area contributed by atoms with Gasteiger partial charge in [0.15, 0.2) is 0 Å². The van der Waals surface area contributed by atoms with Crippen molar-refractivity contribution in [1.82, 2.24) is 14.9 Å². The van der Waals surface area contributed by atoms with Gasteiger partial charge in [-0.2, -0.15) is 0 Å². The minimum Gasteiger partial charge on any atom is -0.345 e. The molecular weight excluding hydrogens is 310 g/mol. The van der Waals surface area contributed by atoms with Gasteiger partial charge >= 0.3 is 0 Å². The van der Waals surface area contributed by atoms with Gasteiger partial charge in [0.2, 0.25) is 5.91 Å². The van der Waals surface area contributed by atoms with Gasteiger partial charge < -0.3 is 9.88 Å². The van der Waals surface area contributed by atoms with Crippen LogP contribution in [-0.4, -0.2) is 33.4 Å². The first-order valence-electron chi connectivity index (χ1n) is 9.46. The normalized spacial score (nSPS) is 21.5. The average molecular weight is 337 g/mol. The topological polar surface area (TPSA) is 49.0 Å². The van der Waals surface area contributed by atoms with E-state index in [4.69, 9.17) is 4.98 Å². The second-order valence-electron chi connectivity index (χ2n) is 7.78. The summed E-state index contributed by atoms with van der Waals surface area (Å²) in [7, 11) is 0. The molecule has 2 aromatic rings. The molecule has 1 aromatic carbocycles. The zero-order valence-corrected chi connectivity index (χ0v) is 15.4. The Balaban J connectivity index is 1.58. The monoisotopic (exact) mass is 337 g/mol. The highest BCUT2D eigenvalue weighted by molar-refractivity contribution is 5.80. The highest BCUT2D eigenvalue weighted by Crippen LogP contribution is 2.34. The average Bonchev–Trinajstić information content (AvgIpc) is 3.29. The third-order valence-electron chi connectivity index (χ3n) is 5.99. The van der Waals surface area contributed by atoms with Gasteiger partial charge in [0.25, 0.3) is 0 Å². The summed E-state index contributed by atoms with van der Waals surface area (Å²) in [5.41, 5.74) is 5.84. The van der Waals surface area contributed by atoms with Crippen LogP contribution in [0.2, 0.25) is 0 Å². The first-order chi connectivity index (χ1) is 12.0. The number of carbonyl (C=O) groups excluding carboxylic acids is 1. The van der Waals surface area contributed by atoms with Gasteiger partial charge in [-0.15, -0.1) is 0 Å². The van der Waals surface area contributed by atoms with Crippen LogP contribution in [0, 0.1) is 20.8 Å². The molecule has 0 bridgehead atoms. The molecule has 2 aliphatic rings. The van der Waals surface area contributed by atoms with Gasteiger partial charge in [0, 0.05) is 36.2 Å². The summed E-state index contributed by atoms with van der Waals surface area (Å²) in [6, 6.07) is 6.96. The number of carbonyl (C=O) groups is 1. The van der Waals surface area contributed by atoms with Crippen molar-refractivity contribution >= 4 is 5.91 Å². The molecule has 132 valence electrons. The van der Waals surface area contributed by atoms with Crippen molar-refractivity contribution in [2.45, 2.75) is 64.8 Å². The van der Waals surface area contributed by atoms with Crippen molar-refractivity contribution in [3.63, 3.8) is 0 Å². The van der Waals surface area contributed by atoms with Crippen molar-refractivity contribution in [2.24, 2.45) is 0 Å². The molecule has 2 heterocycles. The van der Waals surface area contributed by atoms with E-state index in [0.717, 1.165) is 29.3 Å². The lowest BCUT2D eigenvalue weighted by Crippen LogP contribution is -2.34. The number of amides is 1. The maximum absolute atomic E-state index is 12.5. The fourth-order valence-corrected chi connectivity index (χ4v) is 4.33. The van der Waals surface area contributed by atoms with Crippen LogP contribution in [0.5, 0.6) is 0 Å². The molecule has 4 nitrogen and oxygen atoms in total. The summed E-state index contributed by atoms with van der Waals surface area (Å²) in [6.07, 6.45) is 5.45. The number of benzene rings is 1. The number of aromatic nitrogens is 2. The molecule has 1 aliphatic heterocycles. The summed E-state index contributed by atoms with van der Waals surface area (Å²) in [5.74, 6) is 1.48. The number of rotatable bonds is 3. The standard InChI is InChI=1S/C21H27N3O/c1-13-8-9-16(10-14(13)2)20-15(3)22-21(23-20)17-11-19(25)24(12-17)18-6-4-5-7-18/h8-10,17-18H,4-7,11-12H2,1-3H3,(H,22,23). The molecule has 1 unspecified atom stereocenters. The predicted octanol–water partition coefficient (Wildman–Crippen LogP) is 4.26. The zero-order chi connectivity index (χ0) is 17.6. The first-order valence-corrected chi connectivity index (χ1v) is 9.46. The summed E-state index contributed by atoms with van der Waals surface area (Å²) < 4.78 is 0. The number of nitrogens with zero attached hydrogens (tertiary/aromatic N) is 2. The van der Waals surface area contributed by atoms with Gasteiger partial charge in [-0.05, 0) is 50.8 Å². The van der Waals surface area contributed by atoms with E-state index in [2.05, 4.69) is 48.9 Å². The van der Waals surface area contributed by atoms with Crippen LogP contribution < -0.4 is 0 Å². The molecule has 0 radical (unpaired) electrons. The zero-order valence-electron chi connectivity index (χ0n) is 15.4. The van der Waals surface area contributed by atoms with Crippen LogP contribution in [0.4, 0.5) is 0 Å². The number of hydrogen-bond donors (Lipinski definition) is 1.